The van der Waals surface area contributed by atoms with Crippen LogP contribution in [0.25, 0.3) is 0 Å². The third kappa shape index (κ3) is 9.82. The summed E-state index contributed by atoms with van der Waals surface area (Å²) in [5.74, 6) is 1.41. The van der Waals surface area contributed by atoms with Crippen LogP contribution in [0.2, 0.25) is 0 Å². The molecule has 11 heavy (non-hydrogen) atoms. The van der Waals surface area contributed by atoms with E-state index >= 15 is 0 Å². The van der Waals surface area contributed by atoms with E-state index in [0.717, 1.165) is 18.6 Å². The Kier molecular flexibility index (Phi) is 4.57. The Bertz CT molecular complexity index is 127. The van der Waals surface area contributed by atoms with Crippen LogP contribution < -0.4 is 5.73 Å². The molecule has 0 aliphatic carbocycles. The molecule has 0 aromatic carbocycles. The highest BCUT2D eigenvalue weighted by Gasteiger charge is 2.09. The maximum Gasteiger partial charge on any atom is 0.0905 e. The summed E-state index contributed by atoms with van der Waals surface area (Å²) in [5.41, 5.74) is 5.22. The molecule has 0 amide bonds. The van der Waals surface area contributed by atoms with Gasteiger partial charge in [-0.15, -0.1) is 0 Å². The number of hydrogen-bond acceptors (Lipinski definition) is 2. The minimum absolute atomic E-state index is 0.305. The van der Waals surface area contributed by atoms with E-state index in [-0.39, 0.29) is 0 Å². The van der Waals surface area contributed by atoms with E-state index < -0.39 is 0 Å². The summed E-state index contributed by atoms with van der Waals surface area (Å²) in [4.78, 5) is 0. The summed E-state index contributed by atoms with van der Waals surface area (Å²) in [6, 6.07) is 0. The normalized spacial score (nSPS) is 11.5. The fourth-order valence-corrected chi connectivity index (χ4v) is 1.54. The van der Waals surface area contributed by atoms with E-state index in [9.17, 15) is 0 Å². The molecule has 2 nitrogen and oxygen atoms in total. The number of rotatable bonds is 4. The molecule has 0 aromatic heterocycles. The van der Waals surface area contributed by atoms with Crippen LogP contribution in [0.3, 0.4) is 0 Å². The molecular weight excluding hydrogens is 156 g/mol. The third-order valence-corrected chi connectivity index (χ3v) is 2.48. The fraction of sp³-hybridized carbons (Fsp3) is 0.875. The number of nitrogens with one attached hydrogen (secondary N) is 1. The molecule has 0 spiro atoms. The summed E-state index contributed by atoms with van der Waals surface area (Å²) >= 11 is 1.92. The lowest BCUT2D eigenvalue weighted by atomic mass is 10.3. The SMILES string of the molecule is CC(C)(C)SCCCC(=N)N. The van der Waals surface area contributed by atoms with Crippen molar-refractivity contribution in [3.63, 3.8) is 0 Å². The van der Waals surface area contributed by atoms with E-state index in [1.54, 1.807) is 0 Å². The molecule has 0 aliphatic heterocycles. The van der Waals surface area contributed by atoms with Crippen LogP contribution in [0.4, 0.5) is 0 Å². The van der Waals surface area contributed by atoms with E-state index in [4.69, 9.17) is 11.1 Å². The number of nitrogens with two attached hydrogens (primary N) is 1. The third-order valence-electron chi connectivity index (χ3n) is 1.13. The van der Waals surface area contributed by atoms with Gasteiger partial charge in [0, 0.05) is 11.2 Å². The highest BCUT2D eigenvalue weighted by atomic mass is 32.2. The van der Waals surface area contributed by atoms with Crippen LogP contribution in [-0.2, 0) is 0 Å². The maximum absolute atomic E-state index is 7.00. The summed E-state index contributed by atoms with van der Waals surface area (Å²) in [6.45, 7) is 6.60. The summed E-state index contributed by atoms with van der Waals surface area (Å²) in [6.07, 6.45) is 1.76. The molecule has 0 bridgehead atoms. The van der Waals surface area contributed by atoms with E-state index in [2.05, 4.69) is 20.8 Å². The van der Waals surface area contributed by atoms with Gasteiger partial charge in [0.2, 0.25) is 0 Å². The molecule has 66 valence electrons. The number of hydrogen-bond donors (Lipinski definition) is 2. The molecule has 0 radical (unpaired) electrons. The summed E-state index contributed by atoms with van der Waals surface area (Å²) in [7, 11) is 0. The number of thioether (sulfide) groups is 1. The lowest BCUT2D eigenvalue weighted by molar-refractivity contribution is 0.799. The molecule has 0 heterocycles. The minimum atomic E-state index is 0.305. The minimum Gasteiger partial charge on any atom is -0.388 e. The Morgan fingerprint density at radius 2 is 2.00 bits per heavy atom. The van der Waals surface area contributed by atoms with Crippen molar-refractivity contribution in [1.29, 1.82) is 5.41 Å². The van der Waals surface area contributed by atoms with Crippen LogP contribution in [0.5, 0.6) is 0 Å². The molecule has 0 rings (SSSR count). The second kappa shape index (κ2) is 4.65. The van der Waals surface area contributed by atoms with Gasteiger partial charge in [0.1, 0.15) is 0 Å². The standard InChI is InChI=1S/C8H18N2S/c1-8(2,3)11-6-4-5-7(9)10/h4-6H2,1-3H3,(H3,9,10). The van der Waals surface area contributed by atoms with Crippen molar-refractivity contribution >= 4 is 17.6 Å². The molecule has 0 atom stereocenters. The first kappa shape index (κ1) is 10.8. The lowest BCUT2D eigenvalue weighted by Gasteiger charge is -2.16. The maximum atomic E-state index is 7.00. The smallest absolute Gasteiger partial charge is 0.0905 e. The molecule has 0 aromatic rings. The van der Waals surface area contributed by atoms with Crippen molar-refractivity contribution in [3.05, 3.63) is 0 Å². The van der Waals surface area contributed by atoms with Gasteiger partial charge in [0.25, 0.3) is 0 Å². The van der Waals surface area contributed by atoms with Gasteiger partial charge >= 0.3 is 0 Å². The van der Waals surface area contributed by atoms with Crippen molar-refractivity contribution in [2.24, 2.45) is 5.73 Å². The van der Waals surface area contributed by atoms with Crippen LogP contribution in [0.15, 0.2) is 0 Å². The molecule has 0 saturated heterocycles. The van der Waals surface area contributed by atoms with Crippen LogP contribution in [0, 0.1) is 5.41 Å². The predicted octanol–water partition coefficient (Wildman–Crippen LogP) is 2.23. The Labute approximate surface area is 73.4 Å². The average Bonchev–Trinajstić information content (AvgIpc) is 1.78. The van der Waals surface area contributed by atoms with Gasteiger partial charge in [-0.1, -0.05) is 20.8 Å². The van der Waals surface area contributed by atoms with E-state index in [1.807, 2.05) is 11.8 Å². The van der Waals surface area contributed by atoms with Crippen molar-refractivity contribution in [2.75, 3.05) is 5.75 Å². The zero-order valence-electron chi connectivity index (χ0n) is 7.61. The first-order valence-corrected chi connectivity index (χ1v) is 4.87. The fourth-order valence-electron chi connectivity index (χ4n) is 0.641. The van der Waals surface area contributed by atoms with Crippen molar-refractivity contribution in [2.45, 2.75) is 38.4 Å². The molecule has 0 saturated carbocycles. The largest absolute Gasteiger partial charge is 0.388 e. The van der Waals surface area contributed by atoms with E-state index in [1.165, 1.54) is 0 Å². The second-order valence-electron chi connectivity index (χ2n) is 3.59. The molecule has 0 fully saturated rings. The zero-order chi connectivity index (χ0) is 8.91. The first-order chi connectivity index (χ1) is 4.92. The van der Waals surface area contributed by atoms with Gasteiger partial charge in [-0.3, -0.25) is 5.41 Å². The van der Waals surface area contributed by atoms with Crippen LogP contribution >= 0.6 is 11.8 Å². The van der Waals surface area contributed by atoms with E-state index in [0.29, 0.717) is 10.6 Å². The van der Waals surface area contributed by atoms with Gasteiger partial charge in [0.15, 0.2) is 0 Å². The molecular formula is C8H18N2S. The zero-order valence-corrected chi connectivity index (χ0v) is 8.42. The lowest BCUT2D eigenvalue weighted by Crippen LogP contribution is -2.11. The Morgan fingerprint density at radius 3 is 2.36 bits per heavy atom. The number of amidine groups is 1. The monoisotopic (exact) mass is 174 g/mol. The topological polar surface area (TPSA) is 49.9 Å². The first-order valence-electron chi connectivity index (χ1n) is 3.89. The second-order valence-corrected chi connectivity index (χ2v) is 5.51. The van der Waals surface area contributed by atoms with Gasteiger partial charge in [-0.05, 0) is 12.2 Å². The Hall–Kier alpha value is -0.180. The summed E-state index contributed by atoms with van der Waals surface area (Å²) in [5, 5.41) is 7.00. The van der Waals surface area contributed by atoms with Crippen molar-refractivity contribution in [3.8, 4) is 0 Å². The molecule has 3 heteroatoms. The van der Waals surface area contributed by atoms with Crippen LogP contribution in [0.1, 0.15) is 33.6 Å². The van der Waals surface area contributed by atoms with Gasteiger partial charge in [-0.25, -0.2) is 0 Å². The Balaban J connectivity index is 3.22. The highest BCUT2D eigenvalue weighted by molar-refractivity contribution is 8.00. The van der Waals surface area contributed by atoms with Crippen molar-refractivity contribution in [1.82, 2.24) is 0 Å². The molecule has 0 unspecified atom stereocenters. The van der Waals surface area contributed by atoms with Gasteiger partial charge in [0.05, 0.1) is 5.84 Å². The average molecular weight is 174 g/mol. The molecule has 0 aliphatic rings. The van der Waals surface area contributed by atoms with Gasteiger partial charge < -0.3 is 5.73 Å². The molecule has 3 N–H and O–H groups in total. The quantitative estimate of drug-likeness (QED) is 0.390. The summed E-state index contributed by atoms with van der Waals surface area (Å²) < 4.78 is 0.344. The van der Waals surface area contributed by atoms with Crippen LogP contribution in [-0.4, -0.2) is 16.3 Å². The van der Waals surface area contributed by atoms with Crippen molar-refractivity contribution < 1.29 is 0 Å². The highest BCUT2D eigenvalue weighted by Crippen LogP contribution is 2.23. The van der Waals surface area contributed by atoms with Gasteiger partial charge in [-0.2, -0.15) is 11.8 Å². The Morgan fingerprint density at radius 1 is 1.45 bits per heavy atom. The predicted molar refractivity (Wildman–Crippen MR) is 53.4 cm³/mol.